The highest BCUT2D eigenvalue weighted by Gasteiger charge is 2.32. The van der Waals surface area contributed by atoms with Gasteiger partial charge in [0.05, 0.1) is 11.7 Å². The average molecular weight is 749 g/mol. The zero-order valence-corrected chi connectivity index (χ0v) is 31.2. The average Bonchev–Trinajstić information content (AvgIpc) is 3.68. The molecule has 0 aliphatic carbocycles. The van der Waals surface area contributed by atoms with Crippen LogP contribution < -0.4 is 16.3 Å². The number of amides is 3. The standard InChI is InChI=1S/C27H30N4O4.C17H10N2O2/c1-27(2,3)35-26(34)31-16-8-11-19(31)17-29-25(33)23-22(14-7-15-28-23)30-24(32)21-13-6-10-18-9-4-5-12-20(18)21;20-17-15-14(9-4-10-18-15)19-16(21-17)13-8-3-6-11-5-1-2-7-12(11)13/h4-7,9-10,12-15,19H,8,11,16-17H2,1-3H3,(H,29,33)(H,30,32);1-10H. The number of benzene rings is 4. The molecular weight excluding hydrogens is 709 g/mol. The van der Waals surface area contributed by atoms with Crippen molar-refractivity contribution in [3.8, 4) is 11.5 Å². The van der Waals surface area contributed by atoms with Gasteiger partial charge in [0.25, 0.3) is 11.8 Å². The van der Waals surface area contributed by atoms with E-state index in [4.69, 9.17) is 9.15 Å². The Morgan fingerprint density at radius 3 is 2.27 bits per heavy atom. The molecule has 4 heterocycles. The van der Waals surface area contributed by atoms with Gasteiger partial charge in [-0.05, 0) is 91.6 Å². The first-order valence-electron chi connectivity index (χ1n) is 18.3. The van der Waals surface area contributed by atoms with Crippen molar-refractivity contribution in [2.24, 2.45) is 0 Å². The molecule has 3 aromatic heterocycles. The molecule has 1 unspecified atom stereocenters. The summed E-state index contributed by atoms with van der Waals surface area (Å²) in [6.07, 6.45) is 4.29. The second kappa shape index (κ2) is 16.2. The lowest BCUT2D eigenvalue weighted by Crippen LogP contribution is -2.45. The second-order valence-electron chi connectivity index (χ2n) is 14.3. The van der Waals surface area contributed by atoms with Crippen LogP contribution in [0.3, 0.4) is 0 Å². The van der Waals surface area contributed by atoms with Gasteiger partial charge in [-0.15, -0.1) is 0 Å². The van der Waals surface area contributed by atoms with Crippen LogP contribution in [0.25, 0.3) is 44.0 Å². The van der Waals surface area contributed by atoms with Crippen molar-refractivity contribution < 1.29 is 23.5 Å². The van der Waals surface area contributed by atoms with Crippen LogP contribution in [0.2, 0.25) is 0 Å². The van der Waals surface area contributed by atoms with Crippen molar-refractivity contribution in [2.75, 3.05) is 18.4 Å². The number of rotatable bonds is 6. The van der Waals surface area contributed by atoms with E-state index in [2.05, 4.69) is 25.6 Å². The van der Waals surface area contributed by atoms with Crippen molar-refractivity contribution in [1.29, 1.82) is 0 Å². The minimum Gasteiger partial charge on any atom is -0.444 e. The molecule has 12 heteroatoms. The third kappa shape index (κ3) is 8.39. The summed E-state index contributed by atoms with van der Waals surface area (Å²) in [5, 5.41) is 9.56. The third-order valence-corrected chi connectivity index (χ3v) is 9.22. The lowest BCUT2D eigenvalue weighted by Gasteiger charge is -2.28. The molecule has 3 amide bonds. The molecule has 0 radical (unpaired) electrons. The van der Waals surface area contributed by atoms with Crippen molar-refractivity contribution in [3.05, 3.63) is 143 Å². The predicted octanol–water partition coefficient (Wildman–Crippen LogP) is 8.02. The molecular formula is C44H40N6O6. The number of likely N-dealkylation sites (tertiary alicyclic amines) is 1. The fourth-order valence-corrected chi connectivity index (χ4v) is 6.64. The highest BCUT2D eigenvalue weighted by Crippen LogP contribution is 2.28. The van der Waals surface area contributed by atoms with Crippen molar-refractivity contribution >= 4 is 56.2 Å². The zero-order valence-electron chi connectivity index (χ0n) is 31.2. The van der Waals surface area contributed by atoms with Crippen LogP contribution >= 0.6 is 0 Å². The molecule has 2 N–H and O–H groups in total. The number of ether oxygens (including phenoxy) is 1. The van der Waals surface area contributed by atoms with Crippen LogP contribution in [0, 0.1) is 0 Å². The molecule has 0 saturated carbocycles. The summed E-state index contributed by atoms with van der Waals surface area (Å²) < 4.78 is 10.8. The molecule has 4 aromatic carbocycles. The van der Waals surface area contributed by atoms with Gasteiger partial charge in [-0.1, -0.05) is 72.8 Å². The number of carbonyl (C=O) groups excluding carboxylic acids is 3. The van der Waals surface area contributed by atoms with Gasteiger partial charge in [-0.25, -0.2) is 24.5 Å². The number of aromatic nitrogens is 3. The number of pyridine rings is 2. The molecule has 1 aliphatic rings. The van der Waals surface area contributed by atoms with Crippen LogP contribution in [0.15, 0.2) is 131 Å². The monoisotopic (exact) mass is 748 g/mol. The molecule has 0 bridgehead atoms. The van der Waals surface area contributed by atoms with E-state index in [0.29, 0.717) is 29.2 Å². The highest BCUT2D eigenvalue weighted by molar-refractivity contribution is 6.14. The Bertz CT molecular complexity index is 2620. The maximum Gasteiger partial charge on any atom is 0.410 e. The summed E-state index contributed by atoms with van der Waals surface area (Å²) in [6.45, 7) is 6.34. The molecule has 1 saturated heterocycles. The van der Waals surface area contributed by atoms with Gasteiger partial charge in [-0.2, -0.15) is 0 Å². The largest absolute Gasteiger partial charge is 0.444 e. The molecule has 0 spiro atoms. The van der Waals surface area contributed by atoms with Gasteiger partial charge in [-0.3, -0.25) is 9.59 Å². The van der Waals surface area contributed by atoms with Gasteiger partial charge in [0.15, 0.2) is 11.2 Å². The number of hydrogen-bond donors (Lipinski definition) is 2. The maximum atomic E-state index is 13.1. The fraction of sp³-hybridized carbons (Fsp3) is 0.205. The number of fused-ring (bicyclic) bond motifs is 3. The minimum atomic E-state index is -0.585. The number of hydrogen-bond acceptors (Lipinski definition) is 9. The van der Waals surface area contributed by atoms with Gasteiger partial charge < -0.3 is 24.7 Å². The molecule has 1 atom stereocenters. The lowest BCUT2D eigenvalue weighted by atomic mass is 10.0. The Morgan fingerprint density at radius 2 is 1.48 bits per heavy atom. The molecule has 1 fully saturated rings. The first-order valence-corrected chi connectivity index (χ1v) is 18.3. The quantitative estimate of drug-likeness (QED) is 0.172. The van der Waals surface area contributed by atoms with Gasteiger partial charge in [0.1, 0.15) is 11.1 Å². The lowest BCUT2D eigenvalue weighted by molar-refractivity contribution is 0.0225. The van der Waals surface area contributed by atoms with Crippen molar-refractivity contribution in [2.45, 2.75) is 45.3 Å². The Kier molecular flexibility index (Phi) is 10.8. The molecule has 1 aliphatic heterocycles. The molecule has 7 aromatic rings. The smallest absolute Gasteiger partial charge is 0.410 e. The summed E-state index contributed by atoms with van der Waals surface area (Å²) in [4.78, 5) is 64.9. The first-order chi connectivity index (χ1) is 27.1. The zero-order chi connectivity index (χ0) is 39.2. The summed E-state index contributed by atoms with van der Waals surface area (Å²) in [5.41, 5.74) is 1.48. The predicted molar refractivity (Wildman–Crippen MR) is 215 cm³/mol. The number of nitrogens with zero attached hydrogens (tertiary/aromatic N) is 4. The summed E-state index contributed by atoms with van der Waals surface area (Å²) in [7, 11) is 0. The number of carbonyl (C=O) groups is 3. The SMILES string of the molecule is CC(C)(C)OC(=O)N1CCCC1CNC(=O)c1ncccc1NC(=O)c1cccc2ccccc12.O=c1oc(-c2cccc3ccccc23)nc2cccnc12. The van der Waals surface area contributed by atoms with Gasteiger partial charge in [0, 0.05) is 36.6 Å². The van der Waals surface area contributed by atoms with Gasteiger partial charge in [0.2, 0.25) is 5.89 Å². The van der Waals surface area contributed by atoms with Crippen LogP contribution in [-0.4, -0.2) is 62.5 Å². The first kappa shape index (κ1) is 37.4. The third-order valence-electron chi connectivity index (χ3n) is 9.22. The van der Waals surface area contributed by atoms with E-state index in [1.54, 1.807) is 41.4 Å². The van der Waals surface area contributed by atoms with Crippen LogP contribution in [-0.2, 0) is 4.74 Å². The number of nitrogens with one attached hydrogen (secondary N) is 2. The van der Waals surface area contributed by atoms with E-state index < -0.39 is 17.1 Å². The van der Waals surface area contributed by atoms with Crippen molar-refractivity contribution in [3.63, 3.8) is 0 Å². The summed E-state index contributed by atoms with van der Waals surface area (Å²) >= 11 is 0. The van der Waals surface area contributed by atoms with Crippen LogP contribution in [0.4, 0.5) is 10.5 Å². The van der Waals surface area contributed by atoms with E-state index in [0.717, 1.165) is 39.9 Å². The highest BCUT2D eigenvalue weighted by atomic mass is 16.6. The Morgan fingerprint density at radius 1 is 0.804 bits per heavy atom. The van der Waals surface area contributed by atoms with E-state index in [9.17, 15) is 19.2 Å². The Hall–Kier alpha value is -6.95. The maximum absolute atomic E-state index is 13.1. The molecule has 282 valence electrons. The fourth-order valence-electron chi connectivity index (χ4n) is 6.64. The molecule has 8 rings (SSSR count). The Balaban J connectivity index is 0.000000193. The topological polar surface area (TPSA) is 157 Å². The van der Waals surface area contributed by atoms with E-state index in [1.165, 1.54) is 6.20 Å². The van der Waals surface area contributed by atoms with Gasteiger partial charge >= 0.3 is 11.7 Å². The van der Waals surface area contributed by atoms with E-state index in [1.807, 2.05) is 99.6 Å². The minimum absolute atomic E-state index is 0.114. The van der Waals surface area contributed by atoms with E-state index in [-0.39, 0.29) is 35.8 Å². The normalized spacial score (nSPS) is 13.9. The van der Waals surface area contributed by atoms with Crippen LogP contribution in [0.5, 0.6) is 0 Å². The summed E-state index contributed by atoms with van der Waals surface area (Å²) in [6, 6.07) is 33.6. The summed E-state index contributed by atoms with van der Waals surface area (Å²) in [5.74, 6) is -0.428. The second-order valence-corrected chi connectivity index (χ2v) is 14.3. The van der Waals surface area contributed by atoms with Crippen molar-refractivity contribution in [1.82, 2.24) is 25.2 Å². The molecule has 56 heavy (non-hydrogen) atoms. The molecule has 12 nitrogen and oxygen atoms in total. The van der Waals surface area contributed by atoms with E-state index >= 15 is 0 Å². The number of anilines is 1. The van der Waals surface area contributed by atoms with Crippen LogP contribution in [0.1, 0.15) is 54.5 Å². The Labute approximate surface area is 322 Å².